The van der Waals surface area contributed by atoms with E-state index in [1.807, 2.05) is 44.2 Å². The van der Waals surface area contributed by atoms with Gasteiger partial charge in [0.1, 0.15) is 5.82 Å². The van der Waals surface area contributed by atoms with E-state index in [9.17, 15) is 17.6 Å². The third kappa shape index (κ3) is 5.03. The van der Waals surface area contributed by atoms with Crippen LogP contribution in [0.15, 0.2) is 89.3 Å². The number of carbonyl (C=O) groups excluding carboxylic acids is 1. The molecule has 1 aliphatic carbocycles. The molecule has 2 atom stereocenters. The van der Waals surface area contributed by atoms with Gasteiger partial charge >= 0.3 is 0 Å². The first-order valence-corrected chi connectivity index (χ1v) is 12.9. The summed E-state index contributed by atoms with van der Waals surface area (Å²) in [5.41, 5.74) is 4.05. The molecule has 0 unspecified atom stereocenters. The SMILES string of the molecule is CCCC1=C(c2ccccc2)C[C@H](NS(=O)(=O)c2ccc(C)cc2)[C@@H](c2ccc(F)cc2)C1=O. The zero-order valence-electron chi connectivity index (χ0n) is 19.3. The van der Waals surface area contributed by atoms with Gasteiger partial charge in [0.25, 0.3) is 0 Å². The molecule has 0 spiro atoms. The Morgan fingerprint density at radius 1 is 0.941 bits per heavy atom. The van der Waals surface area contributed by atoms with Crippen molar-refractivity contribution in [2.24, 2.45) is 0 Å². The number of nitrogens with one attached hydrogen (secondary N) is 1. The second kappa shape index (κ2) is 10.0. The Hall–Kier alpha value is -3.09. The van der Waals surface area contributed by atoms with Crippen molar-refractivity contribution in [2.45, 2.75) is 50.0 Å². The molecule has 0 amide bonds. The van der Waals surface area contributed by atoms with Crippen LogP contribution in [0.3, 0.4) is 0 Å². The standard InChI is InChI=1S/C28H28FNO3S/c1-3-7-24-25(20-8-5-4-6-9-20)18-26(27(28(24)31)21-12-14-22(29)15-13-21)30-34(32,33)23-16-10-19(2)11-17-23/h4-6,8-17,26-27,30H,3,7,18H2,1-2H3/t26-,27+/m0/s1. The van der Waals surface area contributed by atoms with Gasteiger partial charge in [0, 0.05) is 6.04 Å². The van der Waals surface area contributed by atoms with Crippen LogP contribution >= 0.6 is 0 Å². The fourth-order valence-electron chi connectivity index (χ4n) is 4.58. The highest BCUT2D eigenvalue weighted by Gasteiger charge is 2.40. The summed E-state index contributed by atoms with van der Waals surface area (Å²) >= 11 is 0. The van der Waals surface area contributed by atoms with E-state index < -0.39 is 27.8 Å². The van der Waals surface area contributed by atoms with E-state index in [0.717, 1.165) is 23.1 Å². The Labute approximate surface area is 200 Å². The van der Waals surface area contributed by atoms with Crippen LogP contribution in [-0.4, -0.2) is 20.2 Å². The van der Waals surface area contributed by atoms with Crippen LogP contribution in [0, 0.1) is 12.7 Å². The van der Waals surface area contributed by atoms with Crippen molar-refractivity contribution in [3.63, 3.8) is 0 Å². The van der Waals surface area contributed by atoms with Gasteiger partial charge < -0.3 is 0 Å². The van der Waals surface area contributed by atoms with E-state index in [1.165, 1.54) is 12.1 Å². The number of halogens is 1. The Bertz CT molecular complexity index is 1300. The van der Waals surface area contributed by atoms with Crippen LogP contribution in [0.1, 0.15) is 48.8 Å². The summed E-state index contributed by atoms with van der Waals surface area (Å²) in [7, 11) is -3.88. The Balaban J connectivity index is 1.81. The quantitative estimate of drug-likeness (QED) is 0.468. The predicted octanol–water partition coefficient (Wildman–Crippen LogP) is 5.79. The molecule has 176 valence electrons. The molecule has 0 heterocycles. The van der Waals surface area contributed by atoms with Gasteiger partial charge in [0.05, 0.1) is 10.8 Å². The zero-order chi connectivity index (χ0) is 24.3. The molecule has 0 saturated heterocycles. The molecule has 0 saturated carbocycles. The Morgan fingerprint density at radius 3 is 2.21 bits per heavy atom. The summed E-state index contributed by atoms with van der Waals surface area (Å²) in [5.74, 6) is -1.26. The number of benzene rings is 3. The topological polar surface area (TPSA) is 63.2 Å². The van der Waals surface area contributed by atoms with E-state index >= 15 is 0 Å². The van der Waals surface area contributed by atoms with Crippen molar-refractivity contribution >= 4 is 21.4 Å². The number of sulfonamides is 1. The minimum Gasteiger partial charge on any atom is -0.294 e. The molecule has 1 aliphatic rings. The van der Waals surface area contributed by atoms with Crippen LogP contribution in [0.5, 0.6) is 0 Å². The summed E-state index contributed by atoms with van der Waals surface area (Å²) in [6.07, 6.45) is 1.74. The third-order valence-electron chi connectivity index (χ3n) is 6.26. The average molecular weight is 478 g/mol. The minimum atomic E-state index is -3.88. The first kappa shape index (κ1) is 24.0. The molecule has 0 bridgehead atoms. The number of carbonyl (C=O) groups is 1. The van der Waals surface area contributed by atoms with Gasteiger partial charge in [-0.3, -0.25) is 4.79 Å². The Morgan fingerprint density at radius 2 is 1.59 bits per heavy atom. The van der Waals surface area contributed by atoms with Crippen molar-refractivity contribution in [1.82, 2.24) is 4.72 Å². The zero-order valence-corrected chi connectivity index (χ0v) is 20.1. The smallest absolute Gasteiger partial charge is 0.240 e. The van der Waals surface area contributed by atoms with Gasteiger partial charge in [-0.15, -0.1) is 0 Å². The van der Waals surface area contributed by atoms with Gasteiger partial charge in [-0.25, -0.2) is 17.5 Å². The molecular formula is C28H28FNO3S. The number of hydrogen-bond donors (Lipinski definition) is 1. The fraction of sp³-hybridized carbons (Fsp3) is 0.250. The lowest BCUT2D eigenvalue weighted by Crippen LogP contribution is -2.45. The third-order valence-corrected chi connectivity index (χ3v) is 7.77. The van der Waals surface area contributed by atoms with E-state index in [1.54, 1.807) is 36.4 Å². The van der Waals surface area contributed by atoms with Gasteiger partial charge in [0.15, 0.2) is 5.78 Å². The summed E-state index contributed by atoms with van der Waals surface area (Å²) < 4.78 is 43.1. The maximum absolute atomic E-state index is 13.9. The predicted molar refractivity (Wildman–Crippen MR) is 132 cm³/mol. The van der Waals surface area contributed by atoms with Crippen LogP contribution < -0.4 is 4.72 Å². The van der Waals surface area contributed by atoms with Crippen LogP contribution in [-0.2, 0) is 14.8 Å². The number of allylic oxidation sites excluding steroid dienone is 1. The monoisotopic (exact) mass is 477 g/mol. The molecule has 4 nitrogen and oxygen atoms in total. The first-order valence-electron chi connectivity index (χ1n) is 11.5. The van der Waals surface area contributed by atoms with Crippen LogP contribution in [0.4, 0.5) is 4.39 Å². The van der Waals surface area contributed by atoms with Crippen molar-refractivity contribution in [3.05, 3.63) is 107 Å². The van der Waals surface area contributed by atoms with Crippen LogP contribution in [0.25, 0.3) is 5.57 Å². The summed E-state index contributed by atoms with van der Waals surface area (Å²) in [4.78, 5) is 14.0. The molecular weight excluding hydrogens is 449 g/mol. The maximum Gasteiger partial charge on any atom is 0.240 e. The molecule has 0 fully saturated rings. The number of aryl methyl sites for hydroxylation is 1. The van der Waals surface area contributed by atoms with Crippen molar-refractivity contribution in [1.29, 1.82) is 0 Å². The summed E-state index contributed by atoms with van der Waals surface area (Å²) in [6, 6.07) is 21.3. The van der Waals surface area contributed by atoms with Gasteiger partial charge in [-0.1, -0.05) is 73.5 Å². The largest absolute Gasteiger partial charge is 0.294 e. The molecule has 34 heavy (non-hydrogen) atoms. The Kier molecular flexibility index (Phi) is 7.10. The second-order valence-electron chi connectivity index (χ2n) is 8.71. The lowest BCUT2D eigenvalue weighted by molar-refractivity contribution is -0.117. The van der Waals surface area contributed by atoms with E-state index in [2.05, 4.69) is 4.72 Å². The number of ketones is 1. The van der Waals surface area contributed by atoms with Gasteiger partial charge in [-0.05, 0) is 66.3 Å². The normalized spacial score (nSPS) is 18.9. The summed E-state index contributed by atoms with van der Waals surface area (Å²) in [5, 5.41) is 0. The van der Waals surface area contributed by atoms with E-state index in [-0.39, 0.29) is 10.7 Å². The minimum absolute atomic E-state index is 0.116. The molecule has 0 radical (unpaired) electrons. The molecule has 3 aromatic rings. The molecule has 3 aromatic carbocycles. The molecule has 6 heteroatoms. The number of hydrogen-bond acceptors (Lipinski definition) is 3. The molecule has 0 aromatic heterocycles. The number of Topliss-reactive ketones (excluding diaryl/α,β-unsaturated/α-hetero) is 1. The van der Waals surface area contributed by atoms with E-state index in [4.69, 9.17) is 0 Å². The first-order chi connectivity index (χ1) is 16.3. The van der Waals surface area contributed by atoms with Crippen molar-refractivity contribution in [3.8, 4) is 0 Å². The molecule has 1 N–H and O–H groups in total. The fourth-order valence-corrected chi connectivity index (χ4v) is 5.83. The van der Waals surface area contributed by atoms with Gasteiger partial charge in [0.2, 0.25) is 10.0 Å². The van der Waals surface area contributed by atoms with Crippen LogP contribution in [0.2, 0.25) is 0 Å². The highest BCUT2D eigenvalue weighted by Crippen LogP contribution is 2.40. The molecule has 0 aliphatic heterocycles. The van der Waals surface area contributed by atoms with Crippen molar-refractivity contribution in [2.75, 3.05) is 0 Å². The van der Waals surface area contributed by atoms with Gasteiger partial charge in [-0.2, -0.15) is 0 Å². The molecule has 4 rings (SSSR count). The average Bonchev–Trinajstić information content (AvgIpc) is 2.82. The summed E-state index contributed by atoms with van der Waals surface area (Å²) in [6.45, 7) is 3.91. The number of rotatable bonds is 7. The maximum atomic E-state index is 13.9. The highest BCUT2D eigenvalue weighted by molar-refractivity contribution is 7.89. The van der Waals surface area contributed by atoms with Crippen molar-refractivity contribution < 1.29 is 17.6 Å². The lowest BCUT2D eigenvalue weighted by Gasteiger charge is -2.34. The highest BCUT2D eigenvalue weighted by atomic mass is 32.2. The van der Waals surface area contributed by atoms with E-state index in [0.29, 0.717) is 24.0 Å². The lowest BCUT2D eigenvalue weighted by atomic mass is 9.73. The second-order valence-corrected chi connectivity index (χ2v) is 10.4.